The Hall–Kier alpha value is -4.54. The Morgan fingerprint density at radius 2 is 1.70 bits per heavy atom. The average molecular weight is 594 g/mol. The fourth-order valence-corrected chi connectivity index (χ4v) is 3.75. The van der Waals surface area contributed by atoms with E-state index in [1.165, 1.54) is 18.2 Å². The zero-order valence-corrected chi connectivity index (χ0v) is 21.3. The Balaban J connectivity index is 0.00000101. The molecule has 1 aromatic carbocycles. The van der Waals surface area contributed by atoms with Crippen LogP contribution in [0.1, 0.15) is 39.9 Å². The number of hydrogen-bond donors (Lipinski definition) is 6. The van der Waals surface area contributed by atoms with Crippen molar-refractivity contribution in [1.82, 2.24) is 5.32 Å². The largest absolute Gasteiger partial charge is 0.490 e. The molecular weight excluding hydrogens is 570 g/mol. The highest BCUT2D eigenvalue weighted by Crippen LogP contribution is 2.24. The number of carbonyl (C=O) groups is 5. The molecule has 0 aliphatic rings. The Labute approximate surface area is 226 Å². The van der Waals surface area contributed by atoms with Crippen LogP contribution in [0.15, 0.2) is 30.3 Å². The third-order valence-electron chi connectivity index (χ3n) is 4.77. The molecule has 0 aliphatic carbocycles. The van der Waals surface area contributed by atoms with Crippen molar-refractivity contribution in [3.63, 3.8) is 0 Å². The second-order valence-electron chi connectivity index (χ2n) is 7.95. The minimum Gasteiger partial charge on any atom is -0.481 e. The van der Waals surface area contributed by atoms with Crippen LogP contribution in [0.2, 0.25) is 0 Å². The number of carbonyl (C=O) groups excluding carboxylic acids is 2. The monoisotopic (exact) mass is 593 g/mol. The molecule has 40 heavy (non-hydrogen) atoms. The van der Waals surface area contributed by atoms with E-state index < -0.39 is 60.2 Å². The maximum absolute atomic E-state index is 14.1. The molecule has 218 valence electrons. The molecule has 0 bridgehead atoms. The van der Waals surface area contributed by atoms with Gasteiger partial charge < -0.3 is 31.1 Å². The van der Waals surface area contributed by atoms with Gasteiger partial charge in [0.25, 0.3) is 0 Å². The molecule has 12 nitrogen and oxygen atoms in total. The number of amides is 1. The van der Waals surface area contributed by atoms with Crippen LogP contribution in [0.4, 0.5) is 17.6 Å². The fourth-order valence-electron chi connectivity index (χ4n) is 2.73. The van der Waals surface area contributed by atoms with Gasteiger partial charge in [0.15, 0.2) is 11.6 Å². The van der Waals surface area contributed by atoms with Gasteiger partial charge in [0, 0.05) is 22.8 Å². The first-order valence-electron chi connectivity index (χ1n) is 10.9. The van der Waals surface area contributed by atoms with Crippen LogP contribution in [-0.4, -0.2) is 63.2 Å². The molecule has 1 amide bonds. The minimum atomic E-state index is -5.08. The van der Waals surface area contributed by atoms with Gasteiger partial charge in [-0.2, -0.15) is 13.2 Å². The van der Waals surface area contributed by atoms with Gasteiger partial charge in [-0.15, -0.1) is 11.3 Å². The third kappa shape index (κ3) is 11.1. The lowest BCUT2D eigenvalue weighted by atomic mass is 10.0. The molecule has 0 radical (unpaired) electrons. The maximum atomic E-state index is 14.1. The number of hydrogen-bond acceptors (Lipinski definition) is 8. The number of nitrogens with two attached hydrogens (primary N) is 1. The van der Waals surface area contributed by atoms with Crippen LogP contribution < -0.4 is 15.8 Å². The third-order valence-corrected chi connectivity index (χ3v) is 5.85. The highest BCUT2D eigenvalue weighted by atomic mass is 32.1. The number of benzene rings is 1. The van der Waals surface area contributed by atoms with Gasteiger partial charge in [0.05, 0.1) is 0 Å². The van der Waals surface area contributed by atoms with E-state index in [0.29, 0.717) is 4.88 Å². The average Bonchev–Trinajstić information content (AvgIpc) is 3.30. The van der Waals surface area contributed by atoms with Gasteiger partial charge in [-0.25, -0.2) is 18.8 Å². The van der Waals surface area contributed by atoms with Crippen LogP contribution in [-0.2, 0) is 25.6 Å². The van der Waals surface area contributed by atoms with Crippen molar-refractivity contribution in [3.05, 3.63) is 51.5 Å². The Morgan fingerprint density at radius 1 is 1.10 bits per heavy atom. The summed E-state index contributed by atoms with van der Waals surface area (Å²) in [6.07, 6.45) is -5.54. The number of carboxylic acid groups (broad SMARTS) is 3. The van der Waals surface area contributed by atoms with Crippen LogP contribution in [0.5, 0.6) is 5.75 Å². The lowest BCUT2D eigenvalue weighted by Crippen LogP contribution is -2.43. The summed E-state index contributed by atoms with van der Waals surface area (Å²) in [5.41, 5.74) is 5.43. The van der Waals surface area contributed by atoms with Crippen molar-refractivity contribution in [3.8, 4) is 5.75 Å². The van der Waals surface area contributed by atoms with Crippen LogP contribution >= 0.6 is 11.3 Å². The number of carboxylic acids is 3. The van der Waals surface area contributed by atoms with Crippen molar-refractivity contribution in [1.29, 1.82) is 5.41 Å². The summed E-state index contributed by atoms with van der Waals surface area (Å²) in [6, 6.07) is 5.24. The summed E-state index contributed by atoms with van der Waals surface area (Å²) in [5.74, 6) is -8.80. The summed E-state index contributed by atoms with van der Waals surface area (Å²) in [6.45, 7) is 1.56. The Bertz CT molecular complexity index is 1280. The molecule has 0 aliphatic heterocycles. The van der Waals surface area contributed by atoms with E-state index in [2.05, 4.69) is 5.32 Å². The summed E-state index contributed by atoms with van der Waals surface area (Å²) in [7, 11) is 0. The van der Waals surface area contributed by atoms with Gasteiger partial charge in [0.2, 0.25) is 5.91 Å². The van der Waals surface area contributed by atoms with Gasteiger partial charge >= 0.3 is 30.1 Å². The first-order valence-corrected chi connectivity index (χ1v) is 11.7. The number of alkyl halides is 3. The van der Waals surface area contributed by atoms with Crippen molar-refractivity contribution in [2.45, 2.75) is 38.4 Å². The summed E-state index contributed by atoms with van der Waals surface area (Å²) < 4.78 is 50.9. The molecule has 1 aromatic heterocycles. The fraction of sp³-hybridized carbons (Fsp3) is 0.304. The van der Waals surface area contributed by atoms with E-state index >= 15 is 0 Å². The van der Waals surface area contributed by atoms with Gasteiger partial charge in [-0.3, -0.25) is 15.0 Å². The molecule has 0 spiro atoms. The van der Waals surface area contributed by atoms with Crippen molar-refractivity contribution >= 4 is 47.0 Å². The number of thiophene rings is 1. The van der Waals surface area contributed by atoms with E-state index in [1.54, 1.807) is 13.0 Å². The van der Waals surface area contributed by atoms with E-state index in [-0.39, 0.29) is 34.9 Å². The zero-order chi connectivity index (χ0) is 30.8. The van der Waals surface area contributed by atoms with E-state index in [4.69, 9.17) is 36.0 Å². The summed E-state index contributed by atoms with van der Waals surface area (Å²) in [4.78, 5) is 56.2. The predicted molar refractivity (Wildman–Crippen MR) is 130 cm³/mol. The molecular formula is C23H23F4N3O9S. The summed E-state index contributed by atoms with van der Waals surface area (Å²) >= 11 is 1.03. The molecule has 1 unspecified atom stereocenters. The van der Waals surface area contributed by atoms with Crippen LogP contribution in [0, 0.1) is 17.1 Å². The number of nitrogen functional groups attached to an aromatic ring is 1. The Morgan fingerprint density at radius 3 is 2.17 bits per heavy atom. The number of aliphatic carboxylic acids is 3. The van der Waals surface area contributed by atoms with E-state index in [1.807, 2.05) is 0 Å². The summed E-state index contributed by atoms with van der Waals surface area (Å²) in [5, 5.41) is 34.6. The molecule has 0 saturated carbocycles. The molecule has 0 fully saturated rings. The van der Waals surface area contributed by atoms with Gasteiger partial charge in [0.1, 0.15) is 16.8 Å². The Kier molecular flexibility index (Phi) is 12.2. The van der Waals surface area contributed by atoms with Crippen LogP contribution in [0.3, 0.4) is 0 Å². The SMILES string of the molecule is CC(Cc1ccc(C(=O)Oc2ccc(C(=N)N)cc2F)s1)C(=O)N[C@@H](CCC(=O)O)C(=O)O.O=C(O)C(F)(F)F. The zero-order valence-electron chi connectivity index (χ0n) is 20.5. The number of rotatable bonds is 11. The predicted octanol–water partition coefficient (Wildman–Crippen LogP) is 2.64. The molecule has 7 N–H and O–H groups in total. The topological polar surface area (TPSA) is 217 Å². The smallest absolute Gasteiger partial charge is 0.481 e. The van der Waals surface area contributed by atoms with E-state index in [0.717, 1.165) is 17.4 Å². The highest BCUT2D eigenvalue weighted by Gasteiger charge is 2.38. The minimum absolute atomic E-state index is 0.145. The van der Waals surface area contributed by atoms with Gasteiger partial charge in [-0.05, 0) is 43.2 Å². The molecule has 2 atom stereocenters. The number of esters is 1. The first kappa shape index (κ1) is 33.5. The number of ether oxygens (including phenoxy) is 1. The second kappa shape index (κ2) is 14.6. The molecule has 2 aromatic rings. The van der Waals surface area contributed by atoms with Crippen molar-refractivity contribution in [2.75, 3.05) is 0 Å². The number of nitrogens with one attached hydrogen (secondary N) is 2. The molecule has 2 rings (SSSR count). The molecule has 17 heteroatoms. The van der Waals surface area contributed by atoms with Crippen molar-refractivity contribution < 1.29 is 61.6 Å². The lowest BCUT2D eigenvalue weighted by molar-refractivity contribution is -0.192. The highest BCUT2D eigenvalue weighted by molar-refractivity contribution is 7.13. The second-order valence-corrected chi connectivity index (χ2v) is 9.12. The number of halogens is 4. The normalized spacial score (nSPS) is 12.2. The van der Waals surface area contributed by atoms with Gasteiger partial charge in [-0.1, -0.05) is 6.92 Å². The maximum Gasteiger partial charge on any atom is 0.490 e. The van der Waals surface area contributed by atoms with E-state index in [9.17, 15) is 36.7 Å². The van der Waals surface area contributed by atoms with Crippen molar-refractivity contribution in [2.24, 2.45) is 11.7 Å². The lowest BCUT2D eigenvalue weighted by Gasteiger charge is -2.17. The standard InChI is InChI=1S/C21H22FN3O7S.C2HF3O2/c1-10(19(28)25-14(20(29)30)4-7-17(26)27)8-12-3-6-16(33-12)21(31)32-15-5-2-11(18(23)24)9-13(15)22;3-2(4,5)1(6)7/h2-3,5-6,9-10,14H,4,7-8H2,1H3,(H3,23,24)(H,25,28)(H,26,27)(H,29,30);(H,6,7)/t10?,14-;/m0./s1. The molecule has 0 saturated heterocycles. The first-order chi connectivity index (χ1) is 18.4. The number of amidine groups is 1. The van der Waals surface area contributed by atoms with Crippen LogP contribution in [0.25, 0.3) is 0 Å². The molecule has 1 heterocycles. The quantitative estimate of drug-likeness (QED) is 0.0736.